The highest BCUT2D eigenvalue weighted by Gasteiger charge is 2.24. The van der Waals surface area contributed by atoms with Gasteiger partial charge >= 0.3 is 11.9 Å². The zero-order valence-electron chi connectivity index (χ0n) is 17.2. The maximum Gasteiger partial charge on any atom is 0.328 e. The Bertz CT molecular complexity index is 818. The molecule has 0 saturated heterocycles. The molecular formula is C23H27NO5S. The van der Waals surface area contributed by atoms with E-state index >= 15 is 0 Å². The largest absolute Gasteiger partial charge is 0.478 e. The zero-order chi connectivity index (χ0) is 21.9. The van der Waals surface area contributed by atoms with Crippen molar-refractivity contribution in [3.63, 3.8) is 0 Å². The average molecular weight is 430 g/mol. The van der Waals surface area contributed by atoms with Crippen LogP contribution in [-0.2, 0) is 20.1 Å². The molecule has 3 rings (SSSR count). The second-order valence-electron chi connectivity index (χ2n) is 6.94. The Labute approximate surface area is 181 Å². The van der Waals surface area contributed by atoms with Gasteiger partial charge in [0.15, 0.2) is 0 Å². The topological polar surface area (TPSA) is 87.1 Å². The molecule has 1 aliphatic heterocycles. The Morgan fingerprint density at radius 2 is 1.63 bits per heavy atom. The fourth-order valence-electron chi connectivity index (χ4n) is 2.98. The molecule has 2 N–H and O–H groups in total. The van der Waals surface area contributed by atoms with Gasteiger partial charge in [0.05, 0.1) is 0 Å². The Morgan fingerprint density at radius 3 is 2.27 bits per heavy atom. The van der Waals surface area contributed by atoms with E-state index in [9.17, 15) is 9.59 Å². The molecule has 1 unspecified atom stereocenters. The SMILES string of the molecule is CN(C)CCCOC1c2ccccc2CSc2ccccc21.O=C(O)/C=C/C(=O)O. The summed E-state index contributed by atoms with van der Waals surface area (Å²) in [5.74, 6) is -1.50. The minimum Gasteiger partial charge on any atom is -0.478 e. The van der Waals surface area contributed by atoms with Crippen molar-refractivity contribution in [3.8, 4) is 0 Å². The molecular weight excluding hydrogens is 402 g/mol. The van der Waals surface area contributed by atoms with Crippen LogP contribution < -0.4 is 0 Å². The normalized spacial score (nSPS) is 15.0. The summed E-state index contributed by atoms with van der Waals surface area (Å²) in [6, 6.07) is 17.3. The first kappa shape index (κ1) is 23.7. The number of hydrogen-bond donors (Lipinski definition) is 2. The molecule has 1 aliphatic rings. The molecule has 7 heteroatoms. The molecule has 0 aromatic heterocycles. The first-order valence-electron chi connectivity index (χ1n) is 9.58. The summed E-state index contributed by atoms with van der Waals surface area (Å²) in [4.78, 5) is 22.7. The van der Waals surface area contributed by atoms with Crippen molar-refractivity contribution >= 4 is 23.7 Å². The van der Waals surface area contributed by atoms with Gasteiger partial charge in [-0.2, -0.15) is 0 Å². The van der Waals surface area contributed by atoms with Crippen LogP contribution in [0.2, 0.25) is 0 Å². The number of carboxylic acids is 2. The van der Waals surface area contributed by atoms with Crippen molar-refractivity contribution < 1.29 is 24.5 Å². The number of aliphatic carboxylic acids is 2. The summed E-state index contributed by atoms with van der Waals surface area (Å²) in [5.41, 5.74) is 4.02. The average Bonchev–Trinajstić information content (AvgIpc) is 2.87. The number of nitrogens with zero attached hydrogens (tertiary/aromatic N) is 1. The van der Waals surface area contributed by atoms with Gasteiger partial charge in [-0.25, -0.2) is 9.59 Å². The molecule has 0 saturated carbocycles. The molecule has 160 valence electrons. The van der Waals surface area contributed by atoms with Gasteiger partial charge in [0.25, 0.3) is 0 Å². The van der Waals surface area contributed by atoms with E-state index < -0.39 is 11.9 Å². The van der Waals surface area contributed by atoms with E-state index in [4.69, 9.17) is 14.9 Å². The Morgan fingerprint density at radius 1 is 1.03 bits per heavy atom. The predicted octanol–water partition coefficient (Wildman–Crippen LogP) is 4.06. The molecule has 0 fully saturated rings. The third kappa shape index (κ3) is 7.67. The van der Waals surface area contributed by atoms with Gasteiger partial charge < -0.3 is 19.8 Å². The molecule has 0 bridgehead atoms. The highest BCUT2D eigenvalue weighted by Crippen LogP contribution is 2.40. The molecule has 1 heterocycles. The third-order valence-electron chi connectivity index (χ3n) is 4.32. The van der Waals surface area contributed by atoms with Gasteiger partial charge in [0, 0.05) is 29.4 Å². The summed E-state index contributed by atoms with van der Waals surface area (Å²) in [6.45, 7) is 1.85. The smallest absolute Gasteiger partial charge is 0.328 e. The quantitative estimate of drug-likeness (QED) is 0.507. The van der Waals surface area contributed by atoms with Crippen LogP contribution in [0, 0.1) is 0 Å². The predicted molar refractivity (Wildman–Crippen MR) is 118 cm³/mol. The van der Waals surface area contributed by atoms with Gasteiger partial charge in [-0.15, -0.1) is 11.8 Å². The van der Waals surface area contributed by atoms with E-state index in [2.05, 4.69) is 67.5 Å². The molecule has 0 amide bonds. The minimum atomic E-state index is -1.26. The van der Waals surface area contributed by atoms with Crippen molar-refractivity contribution in [2.24, 2.45) is 0 Å². The number of carbonyl (C=O) groups is 2. The molecule has 2 aromatic rings. The summed E-state index contributed by atoms with van der Waals surface area (Å²) >= 11 is 1.91. The van der Waals surface area contributed by atoms with E-state index in [1.807, 2.05) is 11.8 Å². The van der Waals surface area contributed by atoms with Crippen LogP contribution in [0.15, 0.2) is 65.6 Å². The second kappa shape index (κ2) is 12.2. The van der Waals surface area contributed by atoms with Gasteiger partial charge in [-0.3, -0.25) is 0 Å². The van der Waals surface area contributed by atoms with Crippen molar-refractivity contribution in [2.75, 3.05) is 27.2 Å². The van der Waals surface area contributed by atoms with Crippen molar-refractivity contribution in [1.82, 2.24) is 4.90 Å². The summed E-state index contributed by atoms with van der Waals surface area (Å²) in [7, 11) is 4.21. The number of fused-ring (bicyclic) bond motifs is 2. The van der Waals surface area contributed by atoms with Crippen LogP contribution in [0.5, 0.6) is 0 Å². The fourth-order valence-corrected chi connectivity index (χ4v) is 4.07. The highest BCUT2D eigenvalue weighted by atomic mass is 32.2. The zero-order valence-corrected chi connectivity index (χ0v) is 18.0. The van der Waals surface area contributed by atoms with Crippen molar-refractivity contribution in [3.05, 3.63) is 77.4 Å². The van der Waals surface area contributed by atoms with Gasteiger partial charge in [-0.1, -0.05) is 42.5 Å². The van der Waals surface area contributed by atoms with Crippen LogP contribution in [-0.4, -0.2) is 54.3 Å². The molecule has 30 heavy (non-hydrogen) atoms. The van der Waals surface area contributed by atoms with E-state index in [-0.39, 0.29) is 6.10 Å². The number of benzene rings is 2. The van der Waals surface area contributed by atoms with Gasteiger partial charge in [0.1, 0.15) is 6.10 Å². The molecule has 0 spiro atoms. The lowest BCUT2D eigenvalue weighted by Crippen LogP contribution is -2.16. The molecule has 6 nitrogen and oxygen atoms in total. The number of thioether (sulfide) groups is 1. The van der Waals surface area contributed by atoms with Crippen LogP contribution >= 0.6 is 11.8 Å². The number of rotatable bonds is 7. The maximum atomic E-state index is 9.55. The number of ether oxygens (including phenoxy) is 1. The number of carboxylic acid groups (broad SMARTS) is 2. The Balaban J connectivity index is 0.000000343. The first-order valence-corrected chi connectivity index (χ1v) is 10.6. The third-order valence-corrected chi connectivity index (χ3v) is 5.46. The van der Waals surface area contributed by atoms with Crippen LogP contribution in [0.1, 0.15) is 29.2 Å². The van der Waals surface area contributed by atoms with Crippen LogP contribution in [0.4, 0.5) is 0 Å². The van der Waals surface area contributed by atoms with Crippen LogP contribution in [0.3, 0.4) is 0 Å². The second-order valence-corrected chi connectivity index (χ2v) is 7.96. The van der Waals surface area contributed by atoms with Gasteiger partial charge in [0.2, 0.25) is 0 Å². The summed E-state index contributed by atoms with van der Waals surface area (Å²) in [6.07, 6.45) is 2.23. The molecule has 2 aromatic carbocycles. The molecule has 0 aliphatic carbocycles. The van der Waals surface area contributed by atoms with Crippen molar-refractivity contribution in [1.29, 1.82) is 0 Å². The number of hydrogen-bond acceptors (Lipinski definition) is 5. The van der Waals surface area contributed by atoms with E-state index in [1.54, 1.807) is 0 Å². The molecule has 1 atom stereocenters. The summed E-state index contributed by atoms with van der Waals surface area (Å²) in [5, 5.41) is 15.6. The van der Waals surface area contributed by atoms with Crippen LogP contribution in [0.25, 0.3) is 0 Å². The lowest BCUT2D eigenvalue weighted by atomic mass is 9.97. The summed E-state index contributed by atoms with van der Waals surface area (Å²) < 4.78 is 6.33. The first-order chi connectivity index (χ1) is 14.4. The lowest BCUT2D eigenvalue weighted by Gasteiger charge is -2.21. The lowest BCUT2D eigenvalue weighted by molar-refractivity contribution is -0.134. The van der Waals surface area contributed by atoms with E-state index in [0.29, 0.717) is 12.2 Å². The van der Waals surface area contributed by atoms with E-state index in [1.165, 1.54) is 21.6 Å². The van der Waals surface area contributed by atoms with Crippen molar-refractivity contribution in [2.45, 2.75) is 23.2 Å². The van der Waals surface area contributed by atoms with E-state index in [0.717, 1.165) is 25.3 Å². The minimum absolute atomic E-state index is 0.0598. The monoisotopic (exact) mass is 429 g/mol. The Hall–Kier alpha value is -2.61. The highest BCUT2D eigenvalue weighted by molar-refractivity contribution is 7.98. The standard InChI is InChI=1S/C19H23NOS.C4H4O4/c1-20(2)12-7-13-21-19-16-9-4-3-8-15(16)14-22-18-11-6-5-10-17(18)19;5-3(6)1-2-4(7)8/h3-6,8-11,19H,7,12-14H2,1-2H3;1-2H,(H,5,6)(H,7,8)/b;2-1+. The Kier molecular flexibility index (Phi) is 9.60. The maximum absolute atomic E-state index is 9.55. The molecule has 0 radical (unpaired) electrons. The van der Waals surface area contributed by atoms with Gasteiger partial charge in [-0.05, 0) is 49.8 Å². The fraction of sp³-hybridized carbons (Fsp3) is 0.304.